The molecule has 0 fully saturated rings. The molecule has 2 aliphatic rings. The second-order valence-corrected chi connectivity index (χ2v) is 7.99. The minimum Gasteiger partial charge on any atom is -0.388 e. The molecule has 1 aromatic heterocycles. The van der Waals surface area contributed by atoms with Gasteiger partial charge in [-0.25, -0.2) is 0 Å². The average molecular weight is 357 g/mol. The van der Waals surface area contributed by atoms with E-state index in [1.807, 2.05) is 30.3 Å². The van der Waals surface area contributed by atoms with Gasteiger partial charge < -0.3 is 9.67 Å². The zero-order valence-electron chi connectivity index (χ0n) is 15.6. The standard InChI is InChI=1S/C24H23NO2/c1-14(2)25-19-12-16(15-8-4-3-5-9-15)13-20(26)21(19)22-23(25)17-10-6-7-11-18(17)24(22)27/h3-11,14,16,20,26H,12-13H2,1-2H3. The van der Waals surface area contributed by atoms with Crippen molar-refractivity contribution in [2.45, 2.75) is 44.8 Å². The Bertz CT molecular complexity index is 1050. The third kappa shape index (κ3) is 2.28. The summed E-state index contributed by atoms with van der Waals surface area (Å²) in [6.45, 7) is 4.31. The molecular weight excluding hydrogens is 334 g/mol. The van der Waals surface area contributed by atoms with Crippen LogP contribution in [0.25, 0.3) is 11.3 Å². The van der Waals surface area contributed by atoms with Crippen LogP contribution in [0, 0.1) is 0 Å². The smallest absolute Gasteiger partial charge is 0.196 e. The fourth-order valence-electron chi connectivity index (χ4n) is 4.99. The van der Waals surface area contributed by atoms with Crippen molar-refractivity contribution in [1.29, 1.82) is 0 Å². The minimum absolute atomic E-state index is 0.0634. The monoisotopic (exact) mass is 357 g/mol. The van der Waals surface area contributed by atoms with Gasteiger partial charge in [-0.1, -0.05) is 54.6 Å². The van der Waals surface area contributed by atoms with Crippen LogP contribution in [0.3, 0.4) is 0 Å². The zero-order chi connectivity index (χ0) is 18.7. The lowest BCUT2D eigenvalue weighted by molar-refractivity contribution is 0.103. The fraction of sp³-hybridized carbons (Fsp3) is 0.292. The highest BCUT2D eigenvalue weighted by atomic mass is 16.3. The first kappa shape index (κ1) is 16.5. The summed E-state index contributed by atoms with van der Waals surface area (Å²) >= 11 is 0. The molecule has 136 valence electrons. The molecule has 2 atom stereocenters. The van der Waals surface area contributed by atoms with Gasteiger partial charge in [0.05, 0.1) is 17.4 Å². The van der Waals surface area contributed by atoms with Crippen molar-refractivity contribution in [1.82, 2.24) is 4.57 Å². The van der Waals surface area contributed by atoms with Gasteiger partial charge >= 0.3 is 0 Å². The van der Waals surface area contributed by atoms with E-state index in [2.05, 4.69) is 42.7 Å². The van der Waals surface area contributed by atoms with E-state index in [1.54, 1.807) is 0 Å². The number of benzene rings is 2. The Kier molecular flexibility index (Phi) is 3.63. The summed E-state index contributed by atoms with van der Waals surface area (Å²) in [6.07, 6.45) is 0.914. The Morgan fingerprint density at radius 3 is 2.37 bits per heavy atom. The molecule has 1 N–H and O–H groups in total. The molecule has 2 aromatic carbocycles. The number of aliphatic hydroxyl groups is 1. The molecule has 0 bridgehead atoms. The van der Waals surface area contributed by atoms with Gasteiger partial charge in [0, 0.05) is 28.4 Å². The largest absolute Gasteiger partial charge is 0.388 e. The Morgan fingerprint density at radius 1 is 1.00 bits per heavy atom. The van der Waals surface area contributed by atoms with Crippen LogP contribution in [-0.4, -0.2) is 15.5 Å². The Morgan fingerprint density at radius 2 is 1.67 bits per heavy atom. The van der Waals surface area contributed by atoms with Crippen LogP contribution in [0.1, 0.15) is 71.1 Å². The molecule has 1 heterocycles. The Balaban J connectivity index is 1.73. The molecule has 3 heteroatoms. The van der Waals surface area contributed by atoms with Crippen LogP contribution in [0.15, 0.2) is 54.6 Å². The molecular formula is C24H23NO2. The number of carbonyl (C=O) groups excluding carboxylic acids is 1. The summed E-state index contributed by atoms with van der Waals surface area (Å²) < 4.78 is 2.30. The summed E-state index contributed by atoms with van der Waals surface area (Å²) in [7, 11) is 0. The number of aliphatic hydroxyl groups excluding tert-OH is 1. The summed E-state index contributed by atoms with van der Waals surface area (Å²) in [6, 6.07) is 18.5. The van der Waals surface area contributed by atoms with E-state index >= 15 is 0 Å². The molecule has 0 radical (unpaired) electrons. The number of nitrogens with zero attached hydrogens (tertiary/aromatic N) is 1. The molecule has 0 spiro atoms. The van der Waals surface area contributed by atoms with Crippen molar-refractivity contribution >= 4 is 5.78 Å². The van der Waals surface area contributed by atoms with Crippen molar-refractivity contribution in [2.24, 2.45) is 0 Å². The van der Waals surface area contributed by atoms with Gasteiger partial charge in [0.15, 0.2) is 5.78 Å². The van der Waals surface area contributed by atoms with Crippen molar-refractivity contribution in [2.75, 3.05) is 0 Å². The lowest BCUT2D eigenvalue weighted by Crippen LogP contribution is -2.21. The quantitative estimate of drug-likeness (QED) is 0.546. The van der Waals surface area contributed by atoms with E-state index in [0.717, 1.165) is 40.1 Å². The van der Waals surface area contributed by atoms with Crippen molar-refractivity contribution < 1.29 is 9.90 Å². The molecule has 0 saturated heterocycles. The van der Waals surface area contributed by atoms with E-state index in [-0.39, 0.29) is 17.7 Å². The molecule has 27 heavy (non-hydrogen) atoms. The topological polar surface area (TPSA) is 42.2 Å². The van der Waals surface area contributed by atoms with Gasteiger partial charge in [-0.15, -0.1) is 0 Å². The van der Waals surface area contributed by atoms with E-state index < -0.39 is 6.10 Å². The second-order valence-electron chi connectivity index (χ2n) is 7.99. The number of aromatic nitrogens is 1. The molecule has 2 unspecified atom stereocenters. The van der Waals surface area contributed by atoms with Crippen LogP contribution >= 0.6 is 0 Å². The number of carbonyl (C=O) groups is 1. The predicted molar refractivity (Wildman–Crippen MR) is 106 cm³/mol. The summed E-state index contributed by atoms with van der Waals surface area (Å²) in [4.78, 5) is 13.2. The van der Waals surface area contributed by atoms with Gasteiger partial charge in [-0.2, -0.15) is 0 Å². The van der Waals surface area contributed by atoms with E-state index in [1.165, 1.54) is 5.56 Å². The third-order valence-corrected chi connectivity index (χ3v) is 6.07. The number of fused-ring (bicyclic) bond motifs is 5. The first-order chi connectivity index (χ1) is 13.1. The molecule has 2 aliphatic carbocycles. The first-order valence-corrected chi connectivity index (χ1v) is 9.72. The van der Waals surface area contributed by atoms with Gasteiger partial charge in [-0.05, 0) is 38.2 Å². The number of ketones is 1. The lowest BCUT2D eigenvalue weighted by Gasteiger charge is -2.30. The maximum atomic E-state index is 13.2. The highest BCUT2D eigenvalue weighted by Crippen LogP contribution is 2.50. The van der Waals surface area contributed by atoms with Crippen molar-refractivity contribution in [3.05, 3.63) is 82.5 Å². The summed E-state index contributed by atoms with van der Waals surface area (Å²) in [5, 5.41) is 11.1. The fourth-order valence-corrected chi connectivity index (χ4v) is 4.99. The number of hydrogen-bond acceptors (Lipinski definition) is 2. The van der Waals surface area contributed by atoms with Crippen LogP contribution < -0.4 is 0 Å². The molecule has 0 saturated carbocycles. The SMILES string of the molecule is CC(C)n1c2c(c3c1-c1ccccc1C3=O)C(O)CC(c1ccccc1)C2. The van der Waals surface area contributed by atoms with E-state index in [9.17, 15) is 9.90 Å². The zero-order valence-corrected chi connectivity index (χ0v) is 15.6. The van der Waals surface area contributed by atoms with E-state index in [0.29, 0.717) is 6.42 Å². The van der Waals surface area contributed by atoms with Gasteiger partial charge in [0.1, 0.15) is 0 Å². The normalized spacial score (nSPS) is 20.5. The molecule has 5 rings (SSSR count). The number of hydrogen-bond donors (Lipinski definition) is 1. The Labute approximate surface area is 159 Å². The maximum absolute atomic E-state index is 13.2. The van der Waals surface area contributed by atoms with Crippen molar-refractivity contribution in [3.8, 4) is 11.3 Å². The summed E-state index contributed by atoms with van der Waals surface area (Å²) in [5.74, 6) is 0.333. The summed E-state index contributed by atoms with van der Waals surface area (Å²) in [5.41, 5.74) is 6.76. The highest BCUT2D eigenvalue weighted by molar-refractivity contribution is 6.22. The minimum atomic E-state index is -0.606. The van der Waals surface area contributed by atoms with Gasteiger partial charge in [0.25, 0.3) is 0 Å². The molecule has 0 amide bonds. The maximum Gasteiger partial charge on any atom is 0.196 e. The van der Waals surface area contributed by atoms with Crippen LogP contribution in [0.5, 0.6) is 0 Å². The average Bonchev–Trinajstić information content (AvgIpc) is 3.16. The lowest BCUT2D eigenvalue weighted by atomic mass is 9.80. The van der Waals surface area contributed by atoms with E-state index in [4.69, 9.17) is 0 Å². The Hall–Kier alpha value is -2.65. The van der Waals surface area contributed by atoms with Crippen LogP contribution in [-0.2, 0) is 6.42 Å². The van der Waals surface area contributed by atoms with Crippen LogP contribution in [0.4, 0.5) is 0 Å². The van der Waals surface area contributed by atoms with Crippen LogP contribution in [0.2, 0.25) is 0 Å². The molecule has 3 aromatic rings. The van der Waals surface area contributed by atoms with Gasteiger partial charge in [-0.3, -0.25) is 4.79 Å². The third-order valence-electron chi connectivity index (χ3n) is 6.07. The molecule has 3 nitrogen and oxygen atoms in total. The highest BCUT2D eigenvalue weighted by Gasteiger charge is 2.41. The second kappa shape index (κ2) is 5.93. The van der Waals surface area contributed by atoms with Gasteiger partial charge in [0.2, 0.25) is 0 Å². The predicted octanol–water partition coefficient (Wildman–Crippen LogP) is 5.04. The first-order valence-electron chi connectivity index (χ1n) is 9.72. The van der Waals surface area contributed by atoms with Crippen molar-refractivity contribution in [3.63, 3.8) is 0 Å². The number of rotatable bonds is 2. The molecule has 0 aliphatic heterocycles.